The van der Waals surface area contributed by atoms with Crippen molar-refractivity contribution in [3.8, 4) is 11.1 Å². The number of amides is 1. The fraction of sp³-hybridized carbons (Fsp3) is 0.300. The summed E-state index contributed by atoms with van der Waals surface area (Å²) in [6.07, 6.45) is 0. The van der Waals surface area contributed by atoms with E-state index in [1.807, 2.05) is 82.3 Å². The molecule has 0 fully saturated rings. The number of tetrazole rings is 1. The predicted molar refractivity (Wildman–Crippen MR) is 109 cm³/mol. The van der Waals surface area contributed by atoms with Crippen molar-refractivity contribution in [3.63, 3.8) is 0 Å². The Morgan fingerprint density at radius 3 is 2.44 bits per heavy atom. The molecule has 1 atom stereocenters. The van der Waals surface area contributed by atoms with Crippen LogP contribution < -0.4 is 5.32 Å². The molecule has 1 unspecified atom stereocenters. The molecule has 1 aromatic heterocycles. The van der Waals surface area contributed by atoms with Gasteiger partial charge in [0.25, 0.3) is 0 Å². The van der Waals surface area contributed by atoms with Gasteiger partial charge in [-0.2, -0.15) is 0 Å². The van der Waals surface area contributed by atoms with Crippen LogP contribution in [0.2, 0.25) is 0 Å². The van der Waals surface area contributed by atoms with Crippen LogP contribution >= 0.6 is 11.8 Å². The van der Waals surface area contributed by atoms with Crippen molar-refractivity contribution >= 4 is 23.4 Å². The maximum atomic E-state index is 12.8. The van der Waals surface area contributed by atoms with Gasteiger partial charge in [-0.25, -0.2) is 4.68 Å². The van der Waals surface area contributed by atoms with E-state index >= 15 is 0 Å². The number of rotatable bonds is 5. The summed E-state index contributed by atoms with van der Waals surface area (Å²) in [4.78, 5) is 12.8. The highest BCUT2D eigenvalue weighted by Gasteiger charge is 2.24. The van der Waals surface area contributed by atoms with Crippen LogP contribution in [-0.2, 0) is 10.3 Å². The quantitative estimate of drug-likeness (QED) is 0.670. The average molecular weight is 382 g/mol. The maximum absolute atomic E-state index is 12.8. The predicted octanol–water partition coefficient (Wildman–Crippen LogP) is 4.21. The minimum atomic E-state index is -0.346. The van der Waals surface area contributed by atoms with Crippen LogP contribution in [-0.4, -0.2) is 31.4 Å². The zero-order valence-corrected chi connectivity index (χ0v) is 16.7. The van der Waals surface area contributed by atoms with Crippen LogP contribution in [0.15, 0.2) is 59.8 Å². The van der Waals surface area contributed by atoms with Gasteiger partial charge < -0.3 is 5.32 Å². The molecule has 0 spiro atoms. The van der Waals surface area contributed by atoms with Gasteiger partial charge in [0, 0.05) is 11.3 Å². The van der Waals surface area contributed by atoms with Gasteiger partial charge in [-0.15, -0.1) is 5.10 Å². The van der Waals surface area contributed by atoms with Crippen LogP contribution in [0.5, 0.6) is 0 Å². The Kier molecular flexibility index (Phi) is 5.60. The minimum Gasteiger partial charge on any atom is -0.325 e. The molecule has 27 heavy (non-hydrogen) atoms. The van der Waals surface area contributed by atoms with Crippen molar-refractivity contribution in [1.82, 2.24) is 20.2 Å². The maximum Gasteiger partial charge on any atom is 0.237 e. The lowest BCUT2D eigenvalue weighted by Crippen LogP contribution is -2.27. The van der Waals surface area contributed by atoms with Crippen LogP contribution in [0, 0.1) is 0 Å². The molecule has 1 N–H and O–H groups in total. The lowest BCUT2D eigenvalue weighted by molar-refractivity contribution is -0.115. The minimum absolute atomic E-state index is 0.0909. The van der Waals surface area contributed by atoms with Gasteiger partial charge in [0.2, 0.25) is 11.1 Å². The van der Waals surface area contributed by atoms with E-state index in [-0.39, 0.29) is 16.7 Å². The molecule has 2 aromatic carbocycles. The second-order valence-electron chi connectivity index (χ2n) is 7.21. The van der Waals surface area contributed by atoms with E-state index in [1.165, 1.54) is 11.8 Å². The molecular formula is C20H23N5OS. The van der Waals surface area contributed by atoms with Gasteiger partial charge in [-0.1, -0.05) is 60.3 Å². The SMILES string of the molecule is CC(Sc1nnnn1C(C)(C)C)C(=O)Nc1ccccc1-c1ccccc1. The number of carbonyl (C=O) groups is 1. The first-order valence-corrected chi connectivity index (χ1v) is 9.65. The van der Waals surface area contributed by atoms with Gasteiger partial charge in [-0.3, -0.25) is 4.79 Å². The molecule has 140 valence electrons. The number of nitrogens with one attached hydrogen (secondary N) is 1. The number of benzene rings is 2. The highest BCUT2D eigenvalue weighted by atomic mass is 32.2. The Morgan fingerprint density at radius 2 is 1.74 bits per heavy atom. The number of carbonyl (C=O) groups excluding carboxylic acids is 1. The number of aromatic nitrogens is 4. The molecule has 7 heteroatoms. The molecule has 1 heterocycles. The molecule has 0 aliphatic carbocycles. The van der Waals surface area contributed by atoms with Crippen molar-refractivity contribution in [2.75, 3.05) is 5.32 Å². The van der Waals surface area contributed by atoms with Crippen LogP contribution in [0.4, 0.5) is 5.69 Å². The number of thioether (sulfide) groups is 1. The average Bonchev–Trinajstić information content (AvgIpc) is 3.11. The van der Waals surface area contributed by atoms with E-state index in [4.69, 9.17) is 0 Å². The molecule has 0 saturated heterocycles. The second kappa shape index (κ2) is 7.92. The van der Waals surface area contributed by atoms with Gasteiger partial charge in [-0.05, 0) is 49.8 Å². The van der Waals surface area contributed by atoms with E-state index in [9.17, 15) is 4.79 Å². The second-order valence-corrected chi connectivity index (χ2v) is 8.51. The third-order valence-electron chi connectivity index (χ3n) is 4.00. The first kappa shape index (κ1) is 19.1. The largest absolute Gasteiger partial charge is 0.325 e. The lowest BCUT2D eigenvalue weighted by Gasteiger charge is -2.20. The van der Waals surface area contributed by atoms with Crippen molar-refractivity contribution in [2.45, 2.75) is 43.6 Å². The number of nitrogens with zero attached hydrogens (tertiary/aromatic N) is 4. The molecule has 3 rings (SSSR count). The topological polar surface area (TPSA) is 72.7 Å². The van der Waals surface area contributed by atoms with E-state index in [0.29, 0.717) is 5.16 Å². The summed E-state index contributed by atoms with van der Waals surface area (Å²) in [7, 11) is 0. The summed E-state index contributed by atoms with van der Waals surface area (Å²) in [6.45, 7) is 7.92. The summed E-state index contributed by atoms with van der Waals surface area (Å²) in [5, 5.41) is 15.2. The van der Waals surface area contributed by atoms with Gasteiger partial charge in [0.05, 0.1) is 10.8 Å². The third-order valence-corrected chi connectivity index (χ3v) is 5.03. The van der Waals surface area contributed by atoms with E-state index in [0.717, 1.165) is 16.8 Å². The molecule has 1 amide bonds. The van der Waals surface area contributed by atoms with Gasteiger partial charge in [0.15, 0.2) is 0 Å². The summed E-state index contributed by atoms with van der Waals surface area (Å²) in [5.74, 6) is -0.0909. The van der Waals surface area contributed by atoms with E-state index in [2.05, 4.69) is 20.8 Å². The summed E-state index contributed by atoms with van der Waals surface area (Å²) < 4.78 is 1.74. The molecule has 3 aromatic rings. The zero-order chi connectivity index (χ0) is 19.4. The molecule has 6 nitrogen and oxygen atoms in total. The number of hydrogen-bond acceptors (Lipinski definition) is 5. The fourth-order valence-corrected chi connectivity index (χ4v) is 3.56. The van der Waals surface area contributed by atoms with E-state index in [1.54, 1.807) is 4.68 Å². The third kappa shape index (κ3) is 4.54. The van der Waals surface area contributed by atoms with Gasteiger partial charge >= 0.3 is 0 Å². The monoisotopic (exact) mass is 381 g/mol. The smallest absolute Gasteiger partial charge is 0.237 e. The van der Waals surface area contributed by atoms with Crippen molar-refractivity contribution in [3.05, 3.63) is 54.6 Å². The molecule has 0 bridgehead atoms. The standard InChI is InChI=1S/C20H23N5OS/c1-14(27-19-22-23-24-25(19)20(2,3)4)18(26)21-17-13-9-8-12-16(17)15-10-6-5-7-11-15/h5-14H,1-4H3,(H,21,26). The Hall–Kier alpha value is -2.67. The van der Waals surface area contributed by atoms with Crippen LogP contribution in [0.25, 0.3) is 11.1 Å². The number of anilines is 1. The Labute approximate surface area is 163 Å². The van der Waals surface area contributed by atoms with Crippen LogP contribution in [0.1, 0.15) is 27.7 Å². The summed E-state index contributed by atoms with van der Waals surface area (Å²) >= 11 is 1.35. The molecule has 0 aliphatic rings. The summed E-state index contributed by atoms with van der Waals surface area (Å²) in [5.41, 5.74) is 2.59. The Bertz CT molecular complexity index is 917. The number of hydrogen-bond donors (Lipinski definition) is 1. The Balaban J connectivity index is 1.76. The van der Waals surface area contributed by atoms with Crippen LogP contribution in [0.3, 0.4) is 0 Å². The van der Waals surface area contributed by atoms with Gasteiger partial charge in [0.1, 0.15) is 0 Å². The fourth-order valence-electron chi connectivity index (χ4n) is 2.58. The van der Waals surface area contributed by atoms with Crippen molar-refractivity contribution in [2.24, 2.45) is 0 Å². The zero-order valence-electron chi connectivity index (χ0n) is 15.9. The molecule has 0 saturated carbocycles. The lowest BCUT2D eigenvalue weighted by atomic mass is 10.0. The van der Waals surface area contributed by atoms with Crippen molar-refractivity contribution < 1.29 is 4.79 Å². The number of para-hydroxylation sites is 1. The normalized spacial score (nSPS) is 12.6. The molecular weight excluding hydrogens is 358 g/mol. The van der Waals surface area contributed by atoms with E-state index < -0.39 is 0 Å². The van der Waals surface area contributed by atoms with Crippen molar-refractivity contribution in [1.29, 1.82) is 0 Å². The summed E-state index contributed by atoms with van der Waals surface area (Å²) in [6, 6.07) is 17.8. The Morgan fingerprint density at radius 1 is 1.07 bits per heavy atom. The molecule has 0 aliphatic heterocycles. The first-order valence-electron chi connectivity index (χ1n) is 8.77. The first-order chi connectivity index (χ1) is 12.9. The molecule has 0 radical (unpaired) electrons. The highest BCUT2D eigenvalue weighted by Crippen LogP contribution is 2.29. The highest BCUT2D eigenvalue weighted by molar-refractivity contribution is 8.00.